The molecule has 1 heterocycles. The van der Waals surface area contributed by atoms with Gasteiger partial charge in [0.15, 0.2) is 5.82 Å². The lowest BCUT2D eigenvalue weighted by molar-refractivity contribution is 0.0698. The number of urea groups is 1. The largest absolute Gasteiger partial charge is 0.477 e. The molecule has 1 aromatic heterocycles. The summed E-state index contributed by atoms with van der Waals surface area (Å²) >= 11 is 0. The lowest BCUT2D eigenvalue weighted by Gasteiger charge is -2.06. The number of carboxylic acids is 1. The van der Waals surface area contributed by atoms with E-state index < -0.39 is 12.0 Å². The summed E-state index contributed by atoms with van der Waals surface area (Å²) in [5.74, 6) is -1.02. The summed E-state index contributed by atoms with van der Waals surface area (Å²) in [5.41, 5.74) is 0.00424. The average Bonchev–Trinajstić information content (AvgIpc) is 2.82. The van der Waals surface area contributed by atoms with Crippen LogP contribution < -0.4 is 10.6 Å². The molecular formula is C14H24N4O3. The van der Waals surface area contributed by atoms with Crippen molar-refractivity contribution in [2.24, 2.45) is 0 Å². The molecule has 0 atom stereocenters. The first kappa shape index (κ1) is 17.0. The molecule has 118 valence electrons. The van der Waals surface area contributed by atoms with E-state index in [0.29, 0.717) is 13.1 Å². The van der Waals surface area contributed by atoms with E-state index in [-0.39, 0.29) is 11.4 Å². The Labute approximate surface area is 124 Å². The van der Waals surface area contributed by atoms with Gasteiger partial charge in [0.25, 0.3) is 0 Å². The molecule has 0 aliphatic carbocycles. The maximum absolute atomic E-state index is 11.7. The third-order valence-corrected chi connectivity index (χ3v) is 2.99. The van der Waals surface area contributed by atoms with Crippen LogP contribution in [0.2, 0.25) is 0 Å². The Bertz CT molecular complexity index is 471. The molecule has 7 heteroatoms. The summed E-state index contributed by atoms with van der Waals surface area (Å²) in [6, 6.07) is -0.421. The zero-order valence-electron chi connectivity index (χ0n) is 12.7. The second kappa shape index (κ2) is 8.99. The molecule has 0 bridgehead atoms. The van der Waals surface area contributed by atoms with E-state index in [4.69, 9.17) is 5.11 Å². The number of hydrogen-bond donors (Lipinski definition) is 3. The SMILES string of the molecule is CCCCCCNC(=O)Nc1nn(CCC)cc1C(=O)O. The fourth-order valence-electron chi connectivity index (χ4n) is 1.92. The summed E-state index contributed by atoms with van der Waals surface area (Å²) in [6.07, 6.45) is 6.54. The van der Waals surface area contributed by atoms with Gasteiger partial charge in [0, 0.05) is 19.3 Å². The molecule has 0 aliphatic heterocycles. The highest BCUT2D eigenvalue weighted by molar-refractivity contribution is 5.98. The summed E-state index contributed by atoms with van der Waals surface area (Å²) in [5, 5.41) is 18.4. The minimum Gasteiger partial charge on any atom is -0.477 e. The van der Waals surface area contributed by atoms with Crippen molar-refractivity contribution < 1.29 is 14.7 Å². The number of aromatic carboxylic acids is 1. The van der Waals surface area contributed by atoms with Gasteiger partial charge in [-0.15, -0.1) is 0 Å². The number of aromatic nitrogens is 2. The number of aryl methyl sites for hydroxylation is 1. The van der Waals surface area contributed by atoms with Gasteiger partial charge in [-0.25, -0.2) is 9.59 Å². The number of hydrogen-bond acceptors (Lipinski definition) is 3. The third kappa shape index (κ3) is 5.85. The number of anilines is 1. The van der Waals surface area contributed by atoms with Crippen molar-refractivity contribution in [1.82, 2.24) is 15.1 Å². The van der Waals surface area contributed by atoms with E-state index in [2.05, 4.69) is 22.7 Å². The number of nitrogens with one attached hydrogen (secondary N) is 2. The highest BCUT2D eigenvalue weighted by Crippen LogP contribution is 2.13. The first-order chi connectivity index (χ1) is 10.1. The molecule has 0 spiro atoms. The van der Waals surface area contributed by atoms with Crippen LogP contribution >= 0.6 is 0 Å². The summed E-state index contributed by atoms with van der Waals surface area (Å²) < 4.78 is 1.53. The second-order valence-electron chi connectivity index (χ2n) is 4.90. The van der Waals surface area contributed by atoms with Crippen LogP contribution in [-0.4, -0.2) is 33.4 Å². The molecule has 21 heavy (non-hydrogen) atoms. The van der Waals surface area contributed by atoms with E-state index in [0.717, 1.165) is 32.1 Å². The van der Waals surface area contributed by atoms with Gasteiger partial charge in [-0.1, -0.05) is 33.1 Å². The lowest BCUT2D eigenvalue weighted by Crippen LogP contribution is -2.30. The molecule has 1 rings (SSSR count). The Morgan fingerprint density at radius 3 is 2.62 bits per heavy atom. The first-order valence-electron chi connectivity index (χ1n) is 7.44. The molecule has 2 amide bonds. The minimum atomic E-state index is -1.10. The van der Waals surface area contributed by atoms with Crippen LogP contribution in [-0.2, 0) is 6.54 Å². The Morgan fingerprint density at radius 1 is 1.24 bits per heavy atom. The maximum atomic E-state index is 11.7. The monoisotopic (exact) mass is 296 g/mol. The molecule has 0 aliphatic rings. The maximum Gasteiger partial charge on any atom is 0.341 e. The van der Waals surface area contributed by atoms with Crippen LogP contribution in [0.25, 0.3) is 0 Å². The molecule has 0 radical (unpaired) electrons. The van der Waals surface area contributed by atoms with Gasteiger partial charge >= 0.3 is 12.0 Å². The topological polar surface area (TPSA) is 96.3 Å². The van der Waals surface area contributed by atoms with Crippen molar-refractivity contribution in [2.45, 2.75) is 52.5 Å². The number of unbranched alkanes of at least 4 members (excludes halogenated alkanes) is 3. The molecule has 3 N–H and O–H groups in total. The van der Waals surface area contributed by atoms with Crippen LogP contribution in [0.5, 0.6) is 0 Å². The van der Waals surface area contributed by atoms with E-state index in [9.17, 15) is 9.59 Å². The average molecular weight is 296 g/mol. The van der Waals surface area contributed by atoms with Gasteiger partial charge in [-0.05, 0) is 12.8 Å². The second-order valence-corrected chi connectivity index (χ2v) is 4.90. The molecule has 0 saturated heterocycles. The smallest absolute Gasteiger partial charge is 0.341 e. The van der Waals surface area contributed by atoms with Crippen molar-refractivity contribution >= 4 is 17.8 Å². The van der Waals surface area contributed by atoms with Gasteiger partial charge in [0.05, 0.1) is 0 Å². The first-order valence-corrected chi connectivity index (χ1v) is 7.44. The zero-order chi connectivity index (χ0) is 15.7. The third-order valence-electron chi connectivity index (χ3n) is 2.99. The van der Waals surface area contributed by atoms with Gasteiger partial charge in [0.1, 0.15) is 5.56 Å². The van der Waals surface area contributed by atoms with Gasteiger partial charge in [0.2, 0.25) is 0 Å². The van der Waals surface area contributed by atoms with Crippen molar-refractivity contribution in [3.05, 3.63) is 11.8 Å². The summed E-state index contributed by atoms with van der Waals surface area (Å²) in [4.78, 5) is 22.9. The van der Waals surface area contributed by atoms with E-state index in [1.165, 1.54) is 10.9 Å². The predicted octanol–water partition coefficient (Wildman–Crippen LogP) is 2.69. The van der Waals surface area contributed by atoms with E-state index >= 15 is 0 Å². The Kier molecular flexibility index (Phi) is 7.28. The molecule has 0 saturated carbocycles. The minimum absolute atomic E-state index is 0.00424. The van der Waals surface area contributed by atoms with Crippen LogP contribution in [0.1, 0.15) is 56.3 Å². The Hall–Kier alpha value is -2.05. The standard InChI is InChI=1S/C14H24N4O3/c1-3-5-6-7-8-15-14(21)16-12-11(13(19)20)10-18(17-12)9-4-2/h10H,3-9H2,1-2H3,(H,19,20)(H2,15,16,17,21). The quantitative estimate of drug-likeness (QED) is 0.610. The zero-order valence-corrected chi connectivity index (χ0v) is 12.7. The molecule has 0 aromatic carbocycles. The van der Waals surface area contributed by atoms with Crippen molar-refractivity contribution in [2.75, 3.05) is 11.9 Å². The fraction of sp³-hybridized carbons (Fsp3) is 0.643. The Balaban J connectivity index is 2.52. The molecule has 0 unspecified atom stereocenters. The number of rotatable bonds is 9. The van der Waals surface area contributed by atoms with Crippen LogP contribution in [0.4, 0.5) is 10.6 Å². The number of amides is 2. The molecule has 7 nitrogen and oxygen atoms in total. The van der Waals surface area contributed by atoms with Crippen molar-refractivity contribution in [3.63, 3.8) is 0 Å². The lowest BCUT2D eigenvalue weighted by atomic mass is 10.2. The molecular weight excluding hydrogens is 272 g/mol. The highest BCUT2D eigenvalue weighted by atomic mass is 16.4. The number of carbonyl (C=O) groups is 2. The van der Waals surface area contributed by atoms with Crippen molar-refractivity contribution in [1.29, 1.82) is 0 Å². The predicted molar refractivity (Wildman–Crippen MR) is 80.6 cm³/mol. The van der Waals surface area contributed by atoms with Crippen molar-refractivity contribution in [3.8, 4) is 0 Å². The van der Waals surface area contributed by atoms with Gasteiger partial charge < -0.3 is 10.4 Å². The molecule has 1 aromatic rings. The number of carbonyl (C=O) groups excluding carboxylic acids is 1. The summed E-state index contributed by atoms with van der Waals surface area (Å²) in [6.45, 7) is 5.28. The number of nitrogens with zero attached hydrogens (tertiary/aromatic N) is 2. The molecule has 0 fully saturated rings. The van der Waals surface area contributed by atoms with Gasteiger partial charge in [-0.3, -0.25) is 10.00 Å². The van der Waals surface area contributed by atoms with E-state index in [1.807, 2.05) is 6.92 Å². The normalized spacial score (nSPS) is 10.4. The van der Waals surface area contributed by atoms with Crippen LogP contribution in [0.15, 0.2) is 6.20 Å². The van der Waals surface area contributed by atoms with E-state index in [1.54, 1.807) is 0 Å². The summed E-state index contributed by atoms with van der Waals surface area (Å²) in [7, 11) is 0. The highest BCUT2D eigenvalue weighted by Gasteiger charge is 2.17. The fourth-order valence-corrected chi connectivity index (χ4v) is 1.92. The van der Waals surface area contributed by atoms with Crippen LogP contribution in [0, 0.1) is 0 Å². The van der Waals surface area contributed by atoms with Crippen LogP contribution in [0.3, 0.4) is 0 Å². The van der Waals surface area contributed by atoms with Gasteiger partial charge in [-0.2, -0.15) is 5.10 Å². The Morgan fingerprint density at radius 2 is 2.00 bits per heavy atom. The number of carboxylic acid groups (broad SMARTS) is 1.